The molecule has 2 unspecified atom stereocenters. The summed E-state index contributed by atoms with van der Waals surface area (Å²) in [7, 11) is 0. The van der Waals surface area contributed by atoms with E-state index in [4.69, 9.17) is 5.73 Å². The van der Waals surface area contributed by atoms with Crippen molar-refractivity contribution in [2.24, 2.45) is 5.73 Å². The Morgan fingerprint density at radius 1 is 1.47 bits per heavy atom. The molecular formula is C14H21N. The fourth-order valence-corrected chi connectivity index (χ4v) is 2.50. The molecule has 2 atom stereocenters. The maximum atomic E-state index is 5.71. The first-order valence-corrected chi connectivity index (χ1v) is 6.05. The molecule has 0 fully saturated rings. The lowest BCUT2D eigenvalue weighted by Gasteiger charge is -2.24. The first kappa shape index (κ1) is 10.7. The number of aryl methyl sites for hydroxylation is 1. The number of nitrogens with two attached hydrogens (primary N) is 1. The SMILES string of the molecule is CC(CN)c1ccc2c(c1)C(C)CCC2. The molecule has 2 rings (SSSR count). The number of hydrogen-bond donors (Lipinski definition) is 1. The summed E-state index contributed by atoms with van der Waals surface area (Å²) in [5, 5.41) is 0. The van der Waals surface area contributed by atoms with Gasteiger partial charge in [0.2, 0.25) is 0 Å². The molecule has 0 bridgehead atoms. The number of fused-ring (bicyclic) bond motifs is 1. The Morgan fingerprint density at radius 3 is 3.00 bits per heavy atom. The van der Waals surface area contributed by atoms with Gasteiger partial charge >= 0.3 is 0 Å². The molecule has 1 aliphatic carbocycles. The van der Waals surface area contributed by atoms with Crippen LogP contribution in [0.1, 0.15) is 55.2 Å². The highest BCUT2D eigenvalue weighted by Gasteiger charge is 2.17. The fraction of sp³-hybridized carbons (Fsp3) is 0.571. The Bertz CT molecular complexity index is 343. The van der Waals surface area contributed by atoms with Crippen molar-refractivity contribution < 1.29 is 0 Å². The van der Waals surface area contributed by atoms with E-state index in [9.17, 15) is 0 Å². The van der Waals surface area contributed by atoms with E-state index in [1.54, 1.807) is 11.1 Å². The van der Waals surface area contributed by atoms with Crippen LogP contribution in [0.3, 0.4) is 0 Å². The third kappa shape index (κ3) is 2.07. The summed E-state index contributed by atoms with van der Waals surface area (Å²) >= 11 is 0. The average molecular weight is 203 g/mol. The predicted molar refractivity (Wildman–Crippen MR) is 65.3 cm³/mol. The topological polar surface area (TPSA) is 26.0 Å². The van der Waals surface area contributed by atoms with Gasteiger partial charge in [-0.1, -0.05) is 32.0 Å². The zero-order valence-corrected chi connectivity index (χ0v) is 9.79. The molecule has 0 heterocycles. The molecule has 0 amide bonds. The van der Waals surface area contributed by atoms with Crippen molar-refractivity contribution in [3.05, 3.63) is 34.9 Å². The molecule has 82 valence electrons. The van der Waals surface area contributed by atoms with E-state index < -0.39 is 0 Å². The summed E-state index contributed by atoms with van der Waals surface area (Å²) in [5.74, 6) is 1.23. The molecule has 0 aromatic heterocycles. The van der Waals surface area contributed by atoms with E-state index >= 15 is 0 Å². The van der Waals surface area contributed by atoms with E-state index in [0.717, 1.165) is 12.5 Å². The van der Waals surface area contributed by atoms with Crippen LogP contribution in [0.15, 0.2) is 18.2 Å². The van der Waals surface area contributed by atoms with Crippen molar-refractivity contribution >= 4 is 0 Å². The van der Waals surface area contributed by atoms with E-state index in [0.29, 0.717) is 5.92 Å². The minimum atomic E-state index is 0.490. The summed E-state index contributed by atoms with van der Waals surface area (Å²) in [6.45, 7) is 5.29. The molecule has 1 heteroatoms. The monoisotopic (exact) mass is 203 g/mol. The molecule has 0 saturated carbocycles. The maximum Gasteiger partial charge on any atom is -0.00109 e. The van der Waals surface area contributed by atoms with Gasteiger partial charge < -0.3 is 5.73 Å². The van der Waals surface area contributed by atoms with Crippen LogP contribution in [0.4, 0.5) is 0 Å². The van der Waals surface area contributed by atoms with Gasteiger partial charge in [-0.2, -0.15) is 0 Å². The van der Waals surface area contributed by atoms with Gasteiger partial charge in [0.1, 0.15) is 0 Å². The number of benzene rings is 1. The molecule has 2 N–H and O–H groups in total. The molecule has 0 radical (unpaired) electrons. The Morgan fingerprint density at radius 2 is 2.27 bits per heavy atom. The van der Waals surface area contributed by atoms with Gasteiger partial charge in [0, 0.05) is 0 Å². The lowest BCUT2D eigenvalue weighted by Crippen LogP contribution is -2.12. The van der Waals surface area contributed by atoms with E-state index in [2.05, 4.69) is 32.0 Å². The van der Waals surface area contributed by atoms with Crippen molar-refractivity contribution in [3.63, 3.8) is 0 Å². The highest BCUT2D eigenvalue weighted by atomic mass is 14.5. The first-order valence-electron chi connectivity index (χ1n) is 6.05. The van der Waals surface area contributed by atoms with Crippen molar-refractivity contribution in [1.82, 2.24) is 0 Å². The van der Waals surface area contributed by atoms with Crippen LogP contribution in [0.2, 0.25) is 0 Å². The maximum absolute atomic E-state index is 5.71. The summed E-state index contributed by atoms with van der Waals surface area (Å²) in [5.41, 5.74) is 10.2. The van der Waals surface area contributed by atoms with Crippen LogP contribution < -0.4 is 5.73 Å². The van der Waals surface area contributed by atoms with Crippen LogP contribution in [-0.2, 0) is 6.42 Å². The summed E-state index contributed by atoms with van der Waals surface area (Å²) in [6.07, 6.45) is 3.95. The fourth-order valence-electron chi connectivity index (χ4n) is 2.50. The second-order valence-corrected chi connectivity index (χ2v) is 4.89. The van der Waals surface area contributed by atoms with Gasteiger partial charge in [-0.15, -0.1) is 0 Å². The summed E-state index contributed by atoms with van der Waals surface area (Å²) < 4.78 is 0. The van der Waals surface area contributed by atoms with Gasteiger partial charge in [0.25, 0.3) is 0 Å². The largest absolute Gasteiger partial charge is 0.330 e. The van der Waals surface area contributed by atoms with Crippen LogP contribution in [0.5, 0.6) is 0 Å². The minimum Gasteiger partial charge on any atom is -0.330 e. The Hall–Kier alpha value is -0.820. The highest BCUT2D eigenvalue weighted by molar-refractivity contribution is 5.37. The standard InChI is InChI=1S/C14H21N/c1-10-4-3-5-12-6-7-13(8-14(10)12)11(2)9-15/h6-8,10-11H,3-5,9,15H2,1-2H3. The van der Waals surface area contributed by atoms with Crippen LogP contribution >= 0.6 is 0 Å². The van der Waals surface area contributed by atoms with E-state index in [-0.39, 0.29) is 0 Å². The molecule has 1 aromatic rings. The second kappa shape index (κ2) is 4.36. The summed E-state index contributed by atoms with van der Waals surface area (Å²) in [4.78, 5) is 0. The molecule has 1 aliphatic rings. The van der Waals surface area contributed by atoms with Crippen LogP contribution in [0, 0.1) is 0 Å². The first-order chi connectivity index (χ1) is 7.22. The van der Waals surface area contributed by atoms with Crippen molar-refractivity contribution in [2.45, 2.75) is 44.9 Å². The quantitative estimate of drug-likeness (QED) is 0.785. The molecule has 15 heavy (non-hydrogen) atoms. The Labute approximate surface area is 92.7 Å². The second-order valence-electron chi connectivity index (χ2n) is 4.89. The zero-order valence-electron chi connectivity index (χ0n) is 9.79. The molecule has 1 nitrogen and oxygen atoms in total. The highest BCUT2D eigenvalue weighted by Crippen LogP contribution is 2.32. The normalized spacial score (nSPS) is 22.2. The Kier molecular flexibility index (Phi) is 3.11. The molecular weight excluding hydrogens is 182 g/mol. The van der Waals surface area contributed by atoms with Crippen LogP contribution in [-0.4, -0.2) is 6.54 Å². The van der Waals surface area contributed by atoms with Gasteiger partial charge in [-0.05, 0) is 54.3 Å². The molecule has 0 saturated heterocycles. The van der Waals surface area contributed by atoms with Gasteiger partial charge in [-0.3, -0.25) is 0 Å². The van der Waals surface area contributed by atoms with Gasteiger partial charge in [0.15, 0.2) is 0 Å². The smallest absolute Gasteiger partial charge is 0.00109 e. The predicted octanol–water partition coefficient (Wildman–Crippen LogP) is 3.19. The van der Waals surface area contributed by atoms with Gasteiger partial charge in [0.05, 0.1) is 0 Å². The van der Waals surface area contributed by atoms with Crippen molar-refractivity contribution in [1.29, 1.82) is 0 Å². The number of hydrogen-bond acceptors (Lipinski definition) is 1. The van der Waals surface area contributed by atoms with Crippen molar-refractivity contribution in [3.8, 4) is 0 Å². The van der Waals surface area contributed by atoms with Crippen LogP contribution in [0.25, 0.3) is 0 Å². The number of rotatable bonds is 2. The minimum absolute atomic E-state index is 0.490. The third-order valence-corrected chi connectivity index (χ3v) is 3.71. The lowest BCUT2D eigenvalue weighted by molar-refractivity contribution is 0.588. The molecule has 0 aliphatic heterocycles. The third-order valence-electron chi connectivity index (χ3n) is 3.71. The molecule has 1 aromatic carbocycles. The van der Waals surface area contributed by atoms with Crippen molar-refractivity contribution in [2.75, 3.05) is 6.54 Å². The van der Waals surface area contributed by atoms with E-state index in [1.807, 2.05) is 0 Å². The Balaban J connectivity index is 2.35. The zero-order chi connectivity index (χ0) is 10.8. The van der Waals surface area contributed by atoms with Gasteiger partial charge in [-0.25, -0.2) is 0 Å². The average Bonchev–Trinajstić information content (AvgIpc) is 2.28. The molecule has 0 spiro atoms. The van der Waals surface area contributed by atoms with E-state index in [1.165, 1.54) is 24.8 Å². The summed E-state index contributed by atoms with van der Waals surface area (Å²) in [6, 6.07) is 6.96. The lowest BCUT2D eigenvalue weighted by atomic mass is 9.82.